The summed E-state index contributed by atoms with van der Waals surface area (Å²) in [7, 11) is 1.48. The van der Waals surface area contributed by atoms with Crippen LogP contribution in [0.2, 0.25) is 0 Å². The third-order valence-electron chi connectivity index (χ3n) is 4.33. The number of carbonyl (C=O) groups is 2. The zero-order chi connectivity index (χ0) is 18.2. The van der Waals surface area contributed by atoms with Crippen LogP contribution in [0.1, 0.15) is 39.6 Å². The topological polar surface area (TPSA) is 84.9 Å². The molecule has 6 nitrogen and oxygen atoms in total. The van der Waals surface area contributed by atoms with E-state index in [0.29, 0.717) is 11.5 Å². The minimum Gasteiger partial charge on any atom is -1.00 e. The van der Waals surface area contributed by atoms with Crippen LogP contribution in [0.15, 0.2) is 24.3 Å². The van der Waals surface area contributed by atoms with Crippen LogP contribution in [-0.4, -0.2) is 36.7 Å². The maximum Gasteiger partial charge on any atom is 1.00 e. The standard InChI is InChI=1S/C19H25NO5.Na.H/c1-13-3-7-15(8-4-13)20-18(21)10-6-14-5-9-16(24-2)17(11-14)25-12-19(22)23;;/h5-6,9-11,13,15H,3-4,7-8,12H2,1-2H3,(H,20,21)(H,22,23);;/q;+1;-1/b10-6+;;. The van der Waals surface area contributed by atoms with Crippen molar-refractivity contribution in [2.75, 3.05) is 13.7 Å². The monoisotopic (exact) mass is 371 g/mol. The zero-order valence-electron chi connectivity index (χ0n) is 16.7. The van der Waals surface area contributed by atoms with Gasteiger partial charge in [-0.1, -0.05) is 13.0 Å². The van der Waals surface area contributed by atoms with E-state index in [-0.39, 0.29) is 42.9 Å². The quantitative estimate of drug-likeness (QED) is 0.520. The van der Waals surface area contributed by atoms with Gasteiger partial charge in [-0.25, -0.2) is 4.79 Å². The summed E-state index contributed by atoms with van der Waals surface area (Å²) < 4.78 is 10.4. The number of carboxylic acid groups (broad SMARTS) is 1. The van der Waals surface area contributed by atoms with Crippen LogP contribution in [0.5, 0.6) is 11.5 Å². The van der Waals surface area contributed by atoms with Crippen LogP contribution in [0.3, 0.4) is 0 Å². The summed E-state index contributed by atoms with van der Waals surface area (Å²) in [6, 6.07) is 5.35. The molecule has 0 bridgehead atoms. The van der Waals surface area contributed by atoms with Gasteiger partial charge >= 0.3 is 35.5 Å². The van der Waals surface area contributed by atoms with Gasteiger partial charge < -0.3 is 21.3 Å². The van der Waals surface area contributed by atoms with Gasteiger partial charge in [-0.15, -0.1) is 0 Å². The molecule has 7 heteroatoms. The van der Waals surface area contributed by atoms with Crippen molar-refractivity contribution in [3.63, 3.8) is 0 Å². The molecule has 2 N–H and O–H groups in total. The molecule has 2 rings (SSSR count). The van der Waals surface area contributed by atoms with Gasteiger partial charge in [0.15, 0.2) is 18.1 Å². The Balaban J connectivity index is 0.00000338. The predicted octanol–water partition coefficient (Wildman–Crippen LogP) is -0.0168. The Morgan fingerprint density at radius 3 is 2.58 bits per heavy atom. The molecule has 1 aromatic rings. The largest absolute Gasteiger partial charge is 1.00 e. The van der Waals surface area contributed by atoms with Crippen molar-refractivity contribution in [1.29, 1.82) is 0 Å². The fraction of sp³-hybridized carbons (Fsp3) is 0.474. The van der Waals surface area contributed by atoms with E-state index >= 15 is 0 Å². The van der Waals surface area contributed by atoms with E-state index < -0.39 is 12.6 Å². The van der Waals surface area contributed by atoms with E-state index in [1.165, 1.54) is 13.2 Å². The first kappa shape index (κ1) is 22.5. The Bertz CT molecular complexity index is 645. The molecule has 0 atom stereocenters. The maximum absolute atomic E-state index is 12.1. The number of aliphatic carboxylic acids is 1. The first-order chi connectivity index (χ1) is 12.0. The number of rotatable bonds is 7. The molecule has 0 aliphatic heterocycles. The molecule has 0 saturated heterocycles. The minimum absolute atomic E-state index is 0. The van der Waals surface area contributed by atoms with E-state index in [1.807, 2.05) is 0 Å². The Kier molecular flexibility index (Phi) is 9.76. The molecule has 138 valence electrons. The van der Waals surface area contributed by atoms with Gasteiger partial charge in [-0.3, -0.25) is 4.79 Å². The SMILES string of the molecule is COc1ccc(/C=C/C(=O)NC2CCC(C)CC2)cc1OCC(=O)O.[H-].[Na+]. The van der Waals surface area contributed by atoms with E-state index in [9.17, 15) is 9.59 Å². The van der Waals surface area contributed by atoms with Crippen molar-refractivity contribution in [2.45, 2.75) is 38.6 Å². The van der Waals surface area contributed by atoms with Crippen molar-refractivity contribution >= 4 is 18.0 Å². The predicted molar refractivity (Wildman–Crippen MR) is 95.8 cm³/mol. The van der Waals surface area contributed by atoms with Gasteiger partial charge in [0.25, 0.3) is 0 Å². The van der Waals surface area contributed by atoms with Crippen molar-refractivity contribution < 1.29 is 55.2 Å². The van der Waals surface area contributed by atoms with Crippen molar-refractivity contribution in [1.82, 2.24) is 5.32 Å². The van der Waals surface area contributed by atoms with Gasteiger partial charge in [-0.05, 0) is 55.4 Å². The fourth-order valence-electron chi connectivity index (χ4n) is 2.87. The molecule has 26 heavy (non-hydrogen) atoms. The van der Waals surface area contributed by atoms with E-state index in [0.717, 1.165) is 37.2 Å². The molecule has 1 aliphatic rings. The second-order valence-electron chi connectivity index (χ2n) is 6.39. The zero-order valence-corrected chi connectivity index (χ0v) is 17.7. The minimum atomic E-state index is -1.07. The molecule has 1 aromatic carbocycles. The van der Waals surface area contributed by atoms with Gasteiger partial charge in [0, 0.05) is 12.1 Å². The summed E-state index contributed by atoms with van der Waals surface area (Å²) in [5, 5.41) is 11.8. The maximum atomic E-state index is 12.1. The van der Waals surface area contributed by atoms with Gasteiger partial charge in [-0.2, -0.15) is 0 Å². The molecule has 0 radical (unpaired) electrons. The van der Waals surface area contributed by atoms with Gasteiger partial charge in [0.2, 0.25) is 5.91 Å². The van der Waals surface area contributed by atoms with Crippen molar-refractivity contribution in [2.24, 2.45) is 5.92 Å². The first-order valence-corrected chi connectivity index (χ1v) is 8.49. The number of nitrogens with one attached hydrogen (secondary N) is 1. The Morgan fingerprint density at radius 2 is 1.96 bits per heavy atom. The fourth-order valence-corrected chi connectivity index (χ4v) is 2.87. The van der Waals surface area contributed by atoms with Gasteiger partial charge in [0.1, 0.15) is 0 Å². The average Bonchev–Trinajstić information content (AvgIpc) is 2.60. The number of benzene rings is 1. The number of hydrogen-bond acceptors (Lipinski definition) is 4. The van der Waals surface area contributed by atoms with Crippen LogP contribution < -0.4 is 44.3 Å². The summed E-state index contributed by atoms with van der Waals surface area (Å²) in [4.78, 5) is 22.7. The molecule has 1 fully saturated rings. The third kappa shape index (κ3) is 7.40. The van der Waals surface area contributed by atoms with Crippen LogP contribution in [-0.2, 0) is 9.59 Å². The Labute approximate surface area is 177 Å². The van der Waals surface area contributed by atoms with Crippen molar-refractivity contribution in [3.05, 3.63) is 29.8 Å². The molecule has 0 unspecified atom stereocenters. The number of methoxy groups -OCH3 is 1. The van der Waals surface area contributed by atoms with E-state index in [4.69, 9.17) is 14.6 Å². The second kappa shape index (κ2) is 11.3. The Hall–Kier alpha value is -1.50. The molecule has 0 heterocycles. The number of carboxylic acids is 1. The normalized spacial score (nSPS) is 19.5. The van der Waals surface area contributed by atoms with Crippen molar-refractivity contribution in [3.8, 4) is 11.5 Å². The van der Waals surface area contributed by atoms with E-state index in [2.05, 4.69) is 12.2 Å². The number of carbonyl (C=O) groups excluding carboxylic acids is 1. The molecular formula is C19H26NNaO5. The smallest absolute Gasteiger partial charge is 1.00 e. The molecule has 0 aromatic heterocycles. The van der Waals surface area contributed by atoms with Crippen LogP contribution in [0.4, 0.5) is 0 Å². The summed E-state index contributed by atoms with van der Waals surface area (Å²) in [6.45, 7) is 1.79. The molecule has 0 spiro atoms. The summed E-state index contributed by atoms with van der Waals surface area (Å²) in [5.74, 6) is 0.327. The van der Waals surface area contributed by atoms with Crippen LogP contribution in [0, 0.1) is 5.92 Å². The first-order valence-electron chi connectivity index (χ1n) is 8.49. The average molecular weight is 371 g/mol. The summed E-state index contributed by atoms with van der Waals surface area (Å²) in [5.41, 5.74) is 0.730. The summed E-state index contributed by atoms with van der Waals surface area (Å²) >= 11 is 0. The van der Waals surface area contributed by atoms with Gasteiger partial charge in [0.05, 0.1) is 7.11 Å². The van der Waals surface area contributed by atoms with Crippen LogP contribution in [0.25, 0.3) is 6.08 Å². The molecule has 1 saturated carbocycles. The van der Waals surface area contributed by atoms with Crippen LogP contribution >= 0.6 is 0 Å². The second-order valence-corrected chi connectivity index (χ2v) is 6.39. The molecule has 1 aliphatic carbocycles. The number of hydrogen-bond donors (Lipinski definition) is 2. The molecule has 1 amide bonds. The Morgan fingerprint density at radius 1 is 1.27 bits per heavy atom. The molecular weight excluding hydrogens is 345 g/mol. The number of amides is 1. The summed E-state index contributed by atoms with van der Waals surface area (Å²) in [6.07, 6.45) is 7.51. The third-order valence-corrected chi connectivity index (χ3v) is 4.33. The number of ether oxygens (including phenoxy) is 2. The van der Waals surface area contributed by atoms with E-state index in [1.54, 1.807) is 24.3 Å².